The van der Waals surface area contributed by atoms with Crippen LogP contribution in [0.5, 0.6) is 23.0 Å². The van der Waals surface area contributed by atoms with Gasteiger partial charge < -0.3 is 18.9 Å². The maximum atomic E-state index is 5.75. The van der Waals surface area contributed by atoms with Gasteiger partial charge in [0.05, 0.1) is 13.7 Å². The maximum Gasteiger partial charge on any atom is 0.231 e. The van der Waals surface area contributed by atoms with Crippen molar-refractivity contribution in [2.45, 2.75) is 33.6 Å². The molecule has 0 saturated heterocycles. The van der Waals surface area contributed by atoms with Gasteiger partial charge in [-0.3, -0.25) is 0 Å². The Labute approximate surface area is 143 Å². The number of methoxy groups -OCH3 is 1. The number of hydrogen-bond donors (Lipinski definition) is 0. The number of ether oxygens (including phenoxy) is 4. The van der Waals surface area contributed by atoms with Crippen molar-refractivity contribution in [3.8, 4) is 23.0 Å². The summed E-state index contributed by atoms with van der Waals surface area (Å²) in [5.74, 6) is 3.48. The summed E-state index contributed by atoms with van der Waals surface area (Å²) in [4.78, 5) is 0. The van der Waals surface area contributed by atoms with Crippen LogP contribution < -0.4 is 18.9 Å². The average molecular weight is 328 g/mol. The van der Waals surface area contributed by atoms with E-state index < -0.39 is 0 Å². The van der Waals surface area contributed by atoms with Crippen LogP contribution in [0.2, 0.25) is 0 Å². The van der Waals surface area contributed by atoms with Crippen molar-refractivity contribution in [2.24, 2.45) is 0 Å². The second-order valence-corrected chi connectivity index (χ2v) is 6.09. The minimum absolute atomic E-state index is 0.169. The highest BCUT2D eigenvalue weighted by atomic mass is 16.7. The zero-order valence-electron chi connectivity index (χ0n) is 14.9. The highest BCUT2D eigenvalue weighted by molar-refractivity contribution is 5.55. The van der Waals surface area contributed by atoms with Gasteiger partial charge in [-0.15, -0.1) is 0 Å². The summed E-state index contributed by atoms with van der Waals surface area (Å²) in [5, 5.41) is 0. The van der Waals surface area contributed by atoms with E-state index in [1.807, 2.05) is 19.1 Å². The van der Waals surface area contributed by atoms with Gasteiger partial charge in [0, 0.05) is 17.5 Å². The molecular weight excluding hydrogens is 304 g/mol. The van der Waals surface area contributed by atoms with E-state index in [0.29, 0.717) is 6.61 Å². The van der Waals surface area contributed by atoms with Crippen molar-refractivity contribution >= 4 is 0 Å². The molecule has 1 aliphatic rings. The Balaban J connectivity index is 2.02. The molecule has 4 heteroatoms. The van der Waals surface area contributed by atoms with Crippen molar-refractivity contribution in [2.75, 3.05) is 20.5 Å². The van der Waals surface area contributed by atoms with E-state index in [2.05, 4.69) is 32.9 Å². The Morgan fingerprint density at radius 3 is 2.25 bits per heavy atom. The molecule has 0 saturated carbocycles. The molecule has 1 atom stereocenters. The number of aryl methyl sites for hydroxylation is 2. The molecular formula is C20H24O4. The molecule has 0 aliphatic carbocycles. The third-order valence-electron chi connectivity index (χ3n) is 4.46. The summed E-state index contributed by atoms with van der Waals surface area (Å²) in [6.45, 7) is 9.29. The van der Waals surface area contributed by atoms with E-state index in [4.69, 9.17) is 18.9 Å². The quantitative estimate of drug-likeness (QED) is 0.804. The van der Waals surface area contributed by atoms with Gasteiger partial charge >= 0.3 is 0 Å². The fourth-order valence-corrected chi connectivity index (χ4v) is 3.24. The summed E-state index contributed by atoms with van der Waals surface area (Å²) in [6, 6.07) is 8.30. The van der Waals surface area contributed by atoms with Crippen LogP contribution in [0.4, 0.5) is 0 Å². The van der Waals surface area contributed by atoms with Crippen molar-refractivity contribution < 1.29 is 18.9 Å². The monoisotopic (exact) mass is 328 g/mol. The lowest BCUT2D eigenvalue weighted by Gasteiger charge is -2.20. The summed E-state index contributed by atoms with van der Waals surface area (Å²) in [5.41, 5.74) is 4.62. The van der Waals surface area contributed by atoms with E-state index in [1.54, 1.807) is 7.11 Å². The minimum Gasteiger partial charge on any atom is -0.496 e. The van der Waals surface area contributed by atoms with Crippen LogP contribution in [0.3, 0.4) is 0 Å². The normalized spacial score (nSPS) is 13.7. The molecule has 0 bridgehead atoms. The van der Waals surface area contributed by atoms with Crippen molar-refractivity contribution in [3.05, 3.63) is 46.5 Å². The molecule has 24 heavy (non-hydrogen) atoms. The lowest BCUT2D eigenvalue weighted by atomic mass is 9.89. The zero-order valence-corrected chi connectivity index (χ0v) is 14.9. The van der Waals surface area contributed by atoms with E-state index >= 15 is 0 Å². The molecule has 2 aromatic rings. The third-order valence-corrected chi connectivity index (χ3v) is 4.46. The molecule has 0 aromatic heterocycles. The van der Waals surface area contributed by atoms with Crippen molar-refractivity contribution in [1.82, 2.24) is 0 Å². The SMILES string of the molecule is CCOc1c(C)cc([C@H](C)c2cc3c(cc2OC)OCO3)cc1C. The summed E-state index contributed by atoms with van der Waals surface area (Å²) >= 11 is 0. The van der Waals surface area contributed by atoms with Gasteiger partial charge in [-0.2, -0.15) is 0 Å². The Bertz CT molecular complexity index is 729. The van der Waals surface area contributed by atoms with Gasteiger partial charge in [0.1, 0.15) is 11.5 Å². The fraction of sp³-hybridized carbons (Fsp3) is 0.400. The van der Waals surface area contributed by atoms with Gasteiger partial charge in [0.2, 0.25) is 6.79 Å². The van der Waals surface area contributed by atoms with Crippen molar-refractivity contribution in [1.29, 1.82) is 0 Å². The van der Waals surface area contributed by atoms with E-state index in [1.165, 1.54) is 5.56 Å². The first-order valence-corrected chi connectivity index (χ1v) is 8.26. The van der Waals surface area contributed by atoms with E-state index in [0.717, 1.165) is 39.7 Å². The lowest BCUT2D eigenvalue weighted by Crippen LogP contribution is -2.03. The van der Waals surface area contributed by atoms with Gasteiger partial charge in [-0.05, 0) is 43.5 Å². The largest absolute Gasteiger partial charge is 0.496 e. The van der Waals surface area contributed by atoms with Crippen molar-refractivity contribution in [3.63, 3.8) is 0 Å². The highest BCUT2D eigenvalue weighted by Crippen LogP contribution is 2.43. The minimum atomic E-state index is 0.169. The molecule has 128 valence electrons. The fourth-order valence-electron chi connectivity index (χ4n) is 3.24. The van der Waals surface area contributed by atoms with Crippen LogP contribution in [0.1, 0.15) is 42.0 Å². The number of rotatable bonds is 5. The second kappa shape index (κ2) is 6.63. The first-order valence-electron chi connectivity index (χ1n) is 8.26. The lowest BCUT2D eigenvalue weighted by molar-refractivity contribution is 0.174. The third kappa shape index (κ3) is 2.88. The summed E-state index contributed by atoms with van der Waals surface area (Å²) in [7, 11) is 1.68. The topological polar surface area (TPSA) is 36.9 Å². The Kier molecular flexibility index (Phi) is 4.56. The number of fused-ring (bicyclic) bond motifs is 1. The number of hydrogen-bond acceptors (Lipinski definition) is 4. The van der Waals surface area contributed by atoms with Crippen LogP contribution >= 0.6 is 0 Å². The summed E-state index contributed by atoms with van der Waals surface area (Å²) < 4.78 is 22.3. The van der Waals surface area contributed by atoms with E-state index in [-0.39, 0.29) is 12.7 Å². The van der Waals surface area contributed by atoms with Gasteiger partial charge in [0.25, 0.3) is 0 Å². The predicted octanol–water partition coefficient (Wildman–Crippen LogP) is 4.59. The van der Waals surface area contributed by atoms with Gasteiger partial charge in [-0.25, -0.2) is 0 Å². The average Bonchev–Trinajstić information content (AvgIpc) is 3.03. The molecule has 0 amide bonds. The molecule has 0 unspecified atom stereocenters. The first kappa shape index (κ1) is 16.5. The summed E-state index contributed by atoms with van der Waals surface area (Å²) in [6.07, 6.45) is 0. The molecule has 3 rings (SSSR count). The molecule has 4 nitrogen and oxygen atoms in total. The van der Waals surface area contributed by atoms with Gasteiger partial charge in [0.15, 0.2) is 11.5 Å². The second-order valence-electron chi connectivity index (χ2n) is 6.09. The highest BCUT2D eigenvalue weighted by Gasteiger charge is 2.22. The first-order chi connectivity index (χ1) is 11.5. The van der Waals surface area contributed by atoms with Crippen LogP contribution in [0.15, 0.2) is 24.3 Å². The standard InChI is InChI=1S/C20H24O4/c1-6-22-20-12(2)7-15(8-13(20)3)14(4)16-9-18-19(24-11-23-18)10-17(16)21-5/h7-10,14H,6,11H2,1-5H3/t14-/m0/s1. The Morgan fingerprint density at radius 2 is 1.67 bits per heavy atom. The molecule has 2 aromatic carbocycles. The molecule has 0 radical (unpaired) electrons. The molecule has 0 fully saturated rings. The Hall–Kier alpha value is -2.36. The zero-order chi connectivity index (χ0) is 17.3. The molecule has 1 heterocycles. The maximum absolute atomic E-state index is 5.75. The predicted molar refractivity (Wildman–Crippen MR) is 93.7 cm³/mol. The smallest absolute Gasteiger partial charge is 0.231 e. The molecule has 0 N–H and O–H groups in total. The van der Waals surface area contributed by atoms with E-state index in [9.17, 15) is 0 Å². The van der Waals surface area contributed by atoms with Crippen LogP contribution in [-0.2, 0) is 0 Å². The van der Waals surface area contributed by atoms with Crippen LogP contribution in [0.25, 0.3) is 0 Å². The van der Waals surface area contributed by atoms with Crippen LogP contribution in [-0.4, -0.2) is 20.5 Å². The van der Waals surface area contributed by atoms with Crippen LogP contribution in [0, 0.1) is 13.8 Å². The molecule has 0 spiro atoms. The molecule has 1 aliphatic heterocycles. The number of benzene rings is 2. The Morgan fingerprint density at radius 1 is 1.04 bits per heavy atom. The van der Waals surface area contributed by atoms with Gasteiger partial charge in [-0.1, -0.05) is 19.1 Å².